The lowest BCUT2D eigenvalue weighted by atomic mass is 9.98. The van der Waals surface area contributed by atoms with Gasteiger partial charge in [0.1, 0.15) is 10.8 Å². The molecule has 15 heteroatoms. The van der Waals surface area contributed by atoms with E-state index in [-0.39, 0.29) is 30.7 Å². The second-order valence-electron chi connectivity index (χ2n) is 8.91. The fourth-order valence-corrected chi connectivity index (χ4v) is 5.71. The molecule has 2 aliphatic rings. The van der Waals surface area contributed by atoms with Crippen molar-refractivity contribution in [3.63, 3.8) is 0 Å². The summed E-state index contributed by atoms with van der Waals surface area (Å²) in [5.74, 6) is -1.82. The summed E-state index contributed by atoms with van der Waals surface area (Å²) in [6, 6.07) is 2.05. The highest BCUT2D eigenvalue weighted by atomic mass is 35.5. The number of carbonyl (C=O) groups excluding carboxylic acids is 3. The molecule has 1 fully saturated rings. The topological polar surface area (TPSA) is 129 Å². The molecule has 3 amide bonds. The van der Waals surface area contributed by atoms with Crippen LogP contribution in [0.5, 0.6) is 0 Å². The first kappa shape index (κ1) is 30.1. The van der Waals surface area contributed by atoms with Crippen molar-refractivity contribution >= 4 is 76.1 Å². The fourth-order valence-electron chi connectivity index (χ4n) is 4.22. The minimum absolute atomic E-state index is 0. The Morgan fingerprint density at radius 1 is 1.21 bits per heavy atom. The van der Waals surface area contributed by atoms with Crippen LogP contribution >= 0.6 is 47.6 Å². The molecule has 2 aliphatic heterocycles. The van der Waals surface area contributed by atoms with Crippen molar-refractivity contribution < 1.29 is 19.1 Å². The van der Waals surface area contributed by atoms with E-state index in [0.717, 1.165) is 30.1 Å². The average Bonchev–Trinajstić information content (AvgIpc) is 3.30. The van der Waals surface area contributed by atoms with Gasteiger partial charge >= 0.3 is 11.8 Å². The lowest BCUT2D eigenvalue weighted by Gasteiger charge is -2.40. The van der Waals surface area contributed by atoms with E-state index >= 15 is 0 Å². The molecule has 206 valence electrons. The van der Waals surface area contributed by atoms with Crippen molar-refractivity contribution in [2.24, 2.45) is 0 Å². The first-order valence-electron chi connectivity index (χ1n) is 11.7. The molecule has 0 unspecified atom stereocenters. The van der Waals surface area contributed by atoms with Crippen LogP contribution in [0.15, 0.2) is 18.3 Å². The number of likely N-dealkylation sites (tertiary alicyclic amines) is 1. The fraction of sp³-hybridized carbons (Fsp3) is 0.478. The summed E-state index contributed by atoms with van der Waals surface area (Å²) >= 11 is 12.7. The monoisotopic (exact) mass is 601 g/mol. The highest BCUT2D eigenvalue weighted by molar-refractivity contribution is 7.80. The molecule has 0 aromatic carbocycles. The molecule has 0 saturated carbocycles. The molecule has 4 heterocycles. The quantitative estimate of drug-likeness (QED) is 0.333. The lowest BCUT2D eigenvalue weighted by molar-refractivity contribution is -0.136. The lowest BCUT2D eigenvalue weighted by Crippen LogP contribution is -2.62. The van der Waals surface area contributed by atoms with Crippen LogP contribution in [0.25, 0.3) is 0 Å². The Labute approximate surface area is 241 Å². The Morgan fingerprint density at radius 2 is 2.00 bits per heavy atom. The minimum atomic E-state index is -0.867. The standard InChI is InChI=1S/C23H28ClN7O4S2.ClH/c1-30-7-5-15-17(11-30)37-23(28-15)22(34)27-16-10-31(19(36)12-35-2)8-6-14(16)26-20(32)21(33)29-18-4-3-13(24)9-25-18;/h3-4,9,14,16H,5-8,10-12H2,1-2H3,(H,26,32)(H,27,34)(H,25,29,33);1H/t14-,16+;/m0./s1. The van der Waals surface area contributed by atoms with Crippen molar-refractivity contribution in [2.45, 2.75) is 31.5 Å². The van der Waals surface area contributed by atoms with Crippen LogP contribution in [0.1, 0.15) is 26.8 Å². The van der Waals surface area contributed by atoms with E-state index in [0.29, 0.717) is 34.5 Å². The summed E-state index contributed by atoms with van der Waals surface area (Å²) in [5, 5.41) is 9.01. The highest BCUT2D eigenvalue weighted by Crippen LogP contribution is 2.25. The van der Waals surface area contributed by atoms with Crippen molar-refractivity contribution in [3.05, 3.63) is 38.9 Å². The summed E-state index contributed by atoms with van der Waals surface area (Å²) in [6.07, 6.45) is 2.63. The molecule has 0 radical (unpaired) electrons. The van der Waals surface area contributed by atoms with Gasteiger partial charge in [-0.05, 0) is 25.6 Å². The summed E-state index contributed by atoms with van der Waals surface area (Å²) in [4.78, 5) is 52.7. The number of hydrogen-bond donors (Lipinski definition) is 3. The SMILES string of the molecule is COCC(=S)N1CC[C@H](NC(=O)C(=O)Nc2ccc(Cl)cn2)[C@H](NC(=O)c2nc3c(s2)CN(C)CC3)C1.Cl. The number of aromatic nitrogens is 2. The van der Waals surface area contributed by atoms with Crippen molar-refractivity contribution in [1.82, 2.24) is 30.4 Å². The van der Waals surface area contributed by atoms with Crippen molar-refractivity contribution in [2.75, 3.05) is 45.7 Å². The van der Waals surface area contributed by atoms with Gasteiger partial charge in [0.2, 0.25) is 0 Å². The van der Waals surface area contributed by atoms with Gasteiger partial charge in [0.15, 0.2) is 5.01 Å². The van der Waals surface area contributed by atoms with Gasteiger partial charge in [-0.2, -0.15) is 0 Å². The van der Waals surface area contributed by atoms with E-state index in [2.05, 4.69) is 30.8 Å². The van der Waals surface area contributed by atoms with Crippen LogP contribution in [0.3, 0.4) is 0 Å². The number of pyridine rings is 1. The molecule has 2 atom stereocenters. The Balaban J connectivity index is 0.00000400. The Kier molecular flexibility index (Phi) is 10.8. The van der Waals surface area contributed by atoms with Crippen LogP contribution in [0, 0.1) is 0 Å². The normalized spacial score (nSPS) is 19.1. The first-order valence-corrected chi connectivity index (χ1v) is 13.3. The zero-order chi connectivity index (χ0) is 26.5. The van der Waals surface area contributed by atoms with Crippen LogP contribution in [0.4, 0.5) is 5.82 Å². The molecule has 38 heavy (non-hydrogen) atoms. The van der Waals surface area contributed by atoms with Gasteiger partial charge in [-0.1, -0.05) is 23.8 Å². The van der Waals surface area contributed by atoms with Gasteiger partial charge in [0, 0.05) is 50.8 Å². The molecule has 3 N–H and O–H groups in total. The van der Waals surface area contributed by atoms with Gasteiger partial charge in [0.25, 0.3) is 5.91 Å². The van der Waals surface area contributed by atoms with Crippen LogP contribution < -0.4 is 16.0 Å². The minimum Gasteiger partial charge on any atom is -0.378 e. The van der Waals surface area contributed by atoms with E-state index in [4.69, 9.17) is 28.6 Å². The maximum absolute atomic E-state index is 13.2. The van der Waals surface area contributed by atoms with Crippen molar-refractivity contribution in [1.29, 1.82) is 0 Å². The van der Waals surface area contributed by atoms with Crippen LogP contribution in [-0.4, -0.2) is 95.0 Å². The maximum Gasteiger partial charge on any atom is 0.314 e. The molecule has 11 nitrogen and oxygen atoms in total. The molecule has 0 spiro atoms. The number of methoxy groups -OCH3 is 1. The van der Waals surface area contributed by atoms with Gasteiger partial charge in [0.05, 0.1) is 29.4 Å². The smallest absolute Gasteiger partial charge is 0.314 e. The number of rotatable bonds is 6. The third-order valence-corrected chi connectivity index (χ3v) is 7.84. The number of amides is 3. The number of nitrogens with zero attached hydrogens (tertiary/aromatic N) is 4. The number of nitrogens with one attached hydrogen (secondary N) is 3. The predicted molar refractivity (Wildman–Crippen MR) is 151 cm³/mol. The number of thiazole rings is 1. The largest absolute Gasteiger partial charge is 0.378 e. The number of thiocarbonyl (C=S) groups is 1. The number of anilines is 1. The highest BCUT2D eigenvalue weighted by Gasteiger charge is 2.34. The molecule has 4 rings (SSSR count). The van der Waals surface area contributed by atoms with E-state index < -0.39 is 23.9 Å². The number of carbonyl (C=O) groups is 3. The van der Waals surface area contributed by atoms with Crippen LogP contribution in [0.2, 0.25) is 5.02 Å². The zero-order valence-corrected chi connectivity index (χ0v) is 24.1. The number of ether oxygens (including phenoxy) is 1. The molecule has 1 saturated heterocycles. The second-order valence-corrected chi connectivity index (χ2v) is 10.9. The molecule has 2 aromatic heterocycles. The summed E-state index contributed by atoms with van der Waals surface area (Å²) in [5.41, 5.74) is 0.956. The van der Waals surface area contributed by atoms with E-state index in [1.807, 2.05) is 11.9 Å². The number of fused-ring (bicyclic) bond motifs is 1. The third-order valence-electron chi connectivity index (χ3n) is 6.16. The summed E-state index contributed by atoms with van der Waals surface area (Å²) < 4.78 is 5.17. The van der Waals surface area contributed by atoms with Gasteiger partial charge in [-0.15, -0.1) is 23.7 Å². The Morgan fingerprint density at radius 3 is 2.71 bits per heavy atom. The Bertz CT molecular complexity index is 1180. The van der Waals surface area contributed by atoms with E-state index in [1.165, 1.54) is 23.6 Å². The van der Waals surface area contributed by atoms with E-state index in [1.54, 1.807) is 13.2 Å². The summed E-state index contributed by atoms with van der Waals surface area (Å²) in [6.45, 7) is 2.83. The number of piperidine rings is 1. The van der Waals surface area contributed by atoms with Gasteiger partial charge in [-0.3, -0.25) is 14.4 Å². The van der Waals surface area contributed by atoms with Gasteiger partial charge in [-0.25, -0.2) is 9.97 Å². The Hall–Kier alpha value is -2.42. The predicted octanol–water partition coefficient (Wildman–Crippen LogP) is 1.50. The maximum atomic E-state index is 13.2. The number of halogens is 2. The number of likely N-dealkylation sites (N-methyl/N-ethyl adjacent to an activating group) is 1. The van der Waals surface area contributed by atoms with Crippen molar-refractivity contribution in [3.8, 4) is 0 Å². The molecular weight excluding hydrogens is 573 g/mol. The molecule has 2 aromatic rings. The summed E-state index contributed by atoms with van der Waals surface area (Å²) in [7, 11) is 3.60. The van der Waals surface area contributed by atoms with Gasteiger partial charge < -0.3 is 30.5 Å². The third kappa shape index (κ3) is 7.58. The first-order chi connectivity index (χ1) is 17.7. The average molecular weight is 603 g/mol. The zero-order valence-electron chi connectivity index (χ0n) is 20.9. The molecular formula is C23H29Cl2N7O4S2. The molecule has 0 bridgehead atoms. The molecule has 0 aliphatic carbocycles. The second kappa shape index (κ2) is 13.6. The van der Waals surface area contributed by atoms with E-state index in [9.17, 15) is 14.4 Å². The number of hydrogen-bond acceptors (Lipinski definition) is 9. The van der Waals surface area contributed by atoms with Crippen LogP contribution in [-0.2, 0) is 27.3 Å².